The molecule has 0 aliphatic rings. The average Bonchev–Trinajstić information content (AvgIpc) is 2.99. The van der Waals surface area contributed by atoms with Crippen LogP contribution in [0.2, 0.25) is 15.1 Å². The Morgan fingerprint density at radius 3 is 2.70 bits per heavy atom. The highest BCUT2D eigenvalue weighted by Gasteiger charge is 2.12. The van der Waals surface area contributed by atoms with Crippen molar-refractivity contribution in [2.75, 3.05) is 11.1 Å². The van der Waals surface area contributed by atoms with Crippen LogP contribution in [0.15, 0.2) is 40.7 Å². The number of nitrogens with one attached hydrogen (secondary N) is 1. The fraction of sp³-hybridized carbons (Fsp3) is 0.0625. The second-order valence-corrected chi connectivity index (χ2v) is 9.20. The second-order valence-electron chi connectivity index (χ2n) is 5.11. The Bertz CT molecular complexity index is 1070. The number of hydrogen-bond donors (Lipinski definition) is 1. The van der Waals surface area contributed by atoms with Crippen molar-refractivity contribution in [2.45, 2.75) is 4.34 Å². The Morgan fingerprint density at radius 2 is 2.00 bits per heavy atom. The lowest BCUT2D eigenvalue weighted by atomic mass is 10.3. The van der Waals surface area contributed by atoms with Crippen LogP contribution in [0, 0.1) is 9.77 Å². The summed E-state index contributed by atoms with van der Waals surface area (Å²) in [7, 11) is 0. The normalized spacial score (nSPS) is 10.8. The van der Waals surface area contributed by atoms with Crippen LogP contribution in [0.1, 0.15) is 0 Å². The molecule has 1 aromatic heterocycles. The number of amides is 1. The lowest BCUT2D eigenvalue weighted by Crippen LogP contribution is -2.15. The van der Waals surface area contributed by atoms with E-state index >= 15 is 0 Å². The van der Waals surface area contributed by atoms with Crippen LogP contribution < -0.4 is 5.32 Å². The van der Waals surface area contributed by atoms with Crippen molar-refractivity contribution in [3.63, 3.8) is 0 Å². The molecule has 3 aromatic rings. The van der Waals surface area contributed by atoms with E-state index in [9.17, 15) is 9.18 Å². The van der Waals surface area contributed by atoms with E-state index in [0.717, 1.165) is 6.07 Å². The molecule has 0 atom stereocenters. The molecule has 2 aromatic carbocycles. The third kappa shape index (κ3) is 5.22. The smallest absolute Gasteiger partial charge is 0.234 e. The van der Waals surface area contributed by atoms with Gasteiger partial charge in [0.25, 0.3) is 0 Å². The summed E-state index contributed by atoms with van der Waals surface area (Å²) in [6.45, 7) is 0. The molecule has 4 nitrogen and oxygen atoms in total. The molecule has 1 amide bonds. The largest absolute Gasteiger partial charge is 0.323 e. The Kier molecular flexibility index (Phi) is 6.78. The van der Waals surface area contributed by atoms with E-state index in [-0.39, 0.29) is 22.4 Å². The maximum absolute atomic E-state index is 13.7. The first-order chi connectivity index (χ1) is 12.8. The monoisotopic (exact) mass is 479 g/mol. The first-order valence-electron chi connectivity index (χ1n) is 7.27. The van der Waals surface area contributed by atoms with E-state index in [1.807, 2.05) is 0 Å². The van der Waals surface area contributed by atoms with Crippen LogP contribution in [-0.2, 0) is 4.79 Å². The molecule has 0 spiro atoms. The highest BCUT2D eigenvalue weighted by Crippen LogP contribution is 2.28. The molecule has 140 valence electrons. The van der Waals surface area contributed by atoms with Crippen molar-refractivity contribution in [3.05, 3.63) is 61.2 Å². The topological polar surface area (TPSA) is 46.9 Å². The number of carbonyl (C=O) groups excluding carboxylic acids is 1. The summed E-state index contributed by atoms with van der Waals surface area (Å²) in [5, 5.41) is 7.95. The van der Waals surface area contributed by atoms with Gasteiger partial charge in [0.1, 0.15) is 5.82 Å². The van der Waals surface area contributed by atoms with E-state index < -0.39 is 5.82 Å². The minimum atomic E-state index is -0.597. The molecule has 0 aliphatic heterocycles. The zero-order valence-corrected chi connectivity index (χ0v) is 17.9. The van der Waals surface area contributed by atoms with Crippen molar-refractivity contribution in [2.24, 2.45) is 0 Å². The predicted molar refractivity (Wildman–Crippen MR) is 113 cm³/mol. The molecule has 0 saturated carbocycles. The number of thioether (sulfide) groups is 1. The van der Waals surface area contributed by atoms with Crippen molar-refractivity contribution in [1.82, 2.24) is 9.78 Å². The molecule has 0 saturated heterocycles. The maximum Gasteiger partial charge on any atom is 0.234 e. The first kappa shape index (κ1) is 20.6. The van der Waals surface area contributed by atoms with Crippen molar-refractivity contribution in [3.8, 4) is 5.69 Å². The van der Waals surface area contributed by atoms with E-state index in [2.05, 4.69) is 10.4 Å². The van der Waals surface area contributed by atoms with Gasteiger partial charge in [-0.05, 0) is 48.6 Å². The van der Waals surface area contributed by atoms with Crippen LogP contribution in [-0.4, -0.2) is 21.4 Å². The molecule has 1 N–H and O–H groups in total. The van der Waals surface area contributed by atoms with E-state index in [0.29, 0.717) is 24.0 Å². The Hall–Kier alpha value is -1.16. The molecule has 3 rings (SSSR count). The molecule has 0 fully saturated rings. The van der Waals surface area contributed by atoms with Gasteiger partial charge in [-0.3, -0.25) is 4.79 Å². The molecular weight excluding hydrogens is 472 g/mol. The van der Waals surface area contributed by atoms with E-state index in [4.69, 9.17) is 47.0 Å². The van der Waals surface area contributed by atoms with Gasteiger partial charge in [-0.15, -0.1) is 5.10 Å². The Morgan fingerprint density at radius 1 is 1.22 bits per heavy atom. The van der Waals surface area contributed by atoms with Gasteiger partial charge in [-0.2, -0.15) is 0 Å². The lowest BCUT2D eigenvalue weighted by Gasteiger charge is -2.05. The molecule has 0 unspecified atom stereocenters. The summed E-state index contributed by atoms with van der Waals surface area (Å²) >= 11 is 25.4. The first-order valence-corrected chi connectivity index (χ1v) is 10.6. The summed E-state index contributed by atoms with van der Waals surface area (Å²) in [5.41, 5.74) is 0.740. The third-order valence-electron chi connectivity index (χ3n) is 3.21. The maximum atomic E-state index is 13.7. The molecule has 0 radical (unpaired) electrons. The summed E-state index contributed by atoms with van der Waals surface area (Å²) in [5.74, 6) is -0.921. The Balaban J connectivity index is 1.67. The zero-order chi connectivity index (χ0) is 19.6. The quantitative estimate of drug-likeness (QED) is 0.335. The van der Waals surface area contributed by atoms with Gasteiger partial charge in [0.05, 0.1) is 27.2 Å². The average molecular weight is 481 g/mol. The van der Waals surface area contributed by atoms with Crippen LogP contribution in [0.25, 0.3) is 5.69 Å². The fourth-order valence-electron chi connectivity index (χ4n) is 2.00. The van der Waals surface area contributed by atoms with Crippen LogP contribution in [0.3, 0.4) is 0 Å². The fourth-order valence-corrected chi connectivity index (χ4v) is 4.62. The van der Waals surface area contributed by atoms with Crippen LogP contribution in [0.4, 0.5) is 10.1 Å². The number of rotatable bonds is 5. The molecule has 0 bridgehead atoms. The van der Waals surface area contributed by atoms with Gasteiger partial charge in [-0.1, -0.05) is 57.9 Å². The van der Waals surface area contributed by atoms with Gasteiger partial charge in [0.15, 0.2) is 8.29 Å². The van der Waals surface area contributed by atoms with Gasteiger partial charge in [0.2, 0.25) is 5.91 Å². The Labute approximate surface area is 182 Å². The van der Waals surface area contributed by atoms with E-state index in [1.54, 1.807) is 22.9 Å². The number of anilines is 1. The predicted octanol–water partition coefficient (Wildman–Crippen LogP) is 6.49. The SMILES string of the molecule is O=C(CSc1nn(-c2ccc(Cl)c(Cl)c2)c(=S)s1)Nc1ccc(Cl)cc1F. The van der Waals surface area contributed by atoms with Crippen LogP contribution >= 0.6 is 70.1 Å². The van der Waals surface area contributed by atoms with Crippen molar-refractivity contribution >= 4 is 81.7 Å². The molecule has 0 aliphatic carbocycles. The van der Waals surface area contributed by atoms with Crippen molar-refractivity contribution in [1.29, 1.82) is 0 Å². The van der Waals surface area contributed by atoms with Gasteiger partial charge < -0.3 is 5.32 Å². The number of carbonyl (C=O) groups is 1. The number of benzene rings is 2. The van der Waals surface area contributed by atoms with Gasteiger partial charge in [-0.25, -0.2) is 9.07 Å². The van der Waals surface area contributed by atoms with Gasteiger partial charge >= 0.3 is 0 Å². The van der Waals surface area contributed by atoms with E-state index in [1.165, 1.54) is 35.2 Å². The molecule has 27 heavy (non-hydrogen) atoms. The zero-order valence-electron chi connectivity index (χ0n) is 13.2. The summed E-state index contributed by atoms with van der Waals surface area (Å²) in [4.78, 5) is 12.0. The summed E-state index contributed by atoms with van der Waals surface area (Å²) < 4.78 is 16.4. The minimum absolute atomic E-state index is 0.0473. The summed E-state index contributed by atoms with van der Waals surface area (Å²) in [6, 6.07) is 9.09. The second kappa shape index (κ2) is 8.89. The highest BCUT2D eigenvalue weighted by atomic mass is 35.5. The number of halogens is 4. The summed E-state index contributed by atoms with van der Waals surface area (Å²) in [6.07, 6.45) is 0. The molecular formula is C16H9Cl3FN3OS3. The van der Waals surface area contributed by atoms with Crippen LogP contribution in [0.5, 0.6) is 0 Å². The standard InChI is InChI=1S/C16H9Cl3FN3OS3/c17-8-1-4-13(12(20)5-8)21-14(24)7-26-15-22-23(16(25)27-15)9-2-3-10(18)11(19)6-9/h1-6H,7H2,(H,21,24). The number of hydrogen-bond acceptors (Lipinski definition) is 5. The molecule has 1 heterocycles. The number of aromatic nitrogens is 2. The number of nitrogens with zero attached hydrogens (tertiary/aromatic N) is 2. The van der Waals surface area contributed by atoms with Crippen molar-refractivity contribution < 1.29 is 9.18 Å². The third-order valence-corrected chi connectivity index (χ3v) is 6.55. The highest BCUT2D eigenvalue weighted by molar-refractivity contribution is 8.01. The minimum Gasteiger partial charge on any atom is -0.323 e. The molecule has 11 heteroatoms. The lowest BCUT2D eigenvalue weighted by molar-refractivity contribution is -0.113. The van der Waals surface area contributed by atoms with Gasteiger partial charge in [0, 0.05) is 5.02 Å².